The van der Waals surface area contributed by atoms with Gasteiger partial charge in [0.05, 0.1) is 12.7 Å². The monoisotopic (exact) mass is 358 g/mol. The molecule has 1 saturated carbocycles. The predicted octanol–water partition coefficient (Wildman–Crippen LogP) is 3.53. The molecule has 5 nitrogen and oxygen atoms in total. The summed E-state index contributed by atoms with van der Waals surface area (Å²) < 4.78 is 1.86. The van der Waals surface area contributed by atoms with Crippen LogP contribution >= 0.6 is 11.6 Å². The summed E-state index contributed by atoms with van der Waals surface area (Å²) in [5.74, 6) is 1.67. The first-order valence-corrected chi connectivity index (χ1v) is 9.34. The zero-order valence-corrected chi connectivity index (χ0v) is 14.9. The minimum atomic E-state index is 0.0771. The largest absolute Gasteiger partial charge is 0.328 e. The summed E-state index contributed by atoms with van der Waals surface area (Å²) in [5, 5.41) is 8.28. The van der Waals surface area contributed by atoms with Crippen LogP contribution in [0.3, 0.4) is 0 Å². The number of nitrogens with zero attached hydrogens (tertiary/aromatic N) is 2. The molecule has 0 bridgehead atoms. The third kappa shape index (κ3) is 3.31. The third-order valence-corrected chi connectivity index (χ3v) is 5.96. The Morgan fingerprint density at radius 2 is 2.00 bits per heavy atom. The summed E-state index contributed by atoms with van der Waals surface area (Å²) in [7, 11) is 0. The van der Waals surface area contributed by atoms with Crippen LogP contribution in [0.2, 0.25) is 5.02 Å². The molecule has 0 saturated heterocycles. The molecule has 2 aromatic rings. The third-order valence-electron chi connectivity index (χ3n) is 5.59. The number of rotatable bonds is 3. The van der Waals surface area contributed by atoms with E-state index >= 15 is 0 Å². The van der Waals surface area contributed by atoms with E-state index < -0.39 is 0 Å². The molecule has 6 heteroatoms. The van der Waals surface area contributed by atoms with Crippen LogP contribution in [0.25, 0.3) is 0 Å². The molecule has 1 unspecified atom stereocenters. The molecule has 0 radical (unpaired) electrons. The van der Waals surface area contributed by atoms with E-state index in [0.717, 1.165) is 42.6 Å². The normalized spacial score (nSPS) is 26.2. The lowest BCUT2D eigenvalue weighted by Crippen LogP contribution is -2.33. The number of anilines is 1. The summed E-state index contributed by atoms with van der Waals surface area (Å²) in [5.41, 5.74) is 8.20. The molecular weight excluding hydrogens is 336 g/mol. The lowest BCUT2D eigenvalue weighted by atomic mass is 9.73. The first-order chi connectivity index (χ1) is 12.1. The van der Waals surface area contributed by atoms with Crippen molar-refractivity contribution in [2.45, 2.75) is 50.6 Å². The number of carbonyl (C=O) groups is 1. The lowest BCUT2D eigenvalue weighted by Gasteiger charge is -2.34. The molecular formula is C19H23ClN4O. The number of amides is 1. The first kappa shape index (κ1) is 16.6. The van der Waals surface area contributed by atoms with Crippen LogP contribution < -0.4 is 11.1 Å². The second-order valence-electron chi connectivity index (χ2n) is 7.23. The van der Waals surface area contributed by atoms with E-state index in [4.69, 9.17) is 17.3 Å². The van der Waals surface area contributed by atoms with Gasteiger partial charge in [0.2, 0.25) is 5.91 Å². The Morgan fingerprint density at radius 1 is 1.24 bits per heavy atom. The van der Waals surface area contributed by atoms with Gasteiger partial charge in [-0.3, -0.25) is 4.79 Å². The van der Waals surface area contributed by atoms with Crippen molar-refractivity contribution < 1.29 is 4.79 Å². The second kappa shape index (κ2) is 6.81. The molecule has 1 aromatic heterocycles. The van der Waals surface area contributed by atoms with Gasteiger partial charge in [0.25, 0.3) is 0 Å². The molecule has 1 atom stereocenters. The minimum absolute atomic E-state index is 0.0771. The second-order valence-corrected chi connectivity index (χ2v) is 7.64. The highest BCUT2D eigenvalue weighted by Gasteiger charge is 2.35. The maximum atomic E-state index is 12.3. The van der Waals surface area contributed by atoms with Crippen LogP contribution in [0.1, 0.15) is 49.1 Å². The van der Waals surface area contributed by atoms with Gasteiger partial charge in [-0.1, -0.05) is 29.8 Å². The van der Waals surface area contributed by atoms with Crippen LogP contribution in [-0.4, -0.2) is 21.7 Å². The summed E-state index contributed by atoms with van der Waals surface area (Å²) in [6.07, 6.45) is 6.75. The van der Waals surface area contributed by atoms with Gasteiger partial charge in [-0.2, -0.15) is 5.10 Å². The van der Waals surface area contributed by atoms with Gasteiger partial charge in [-0.25, -0.2) is 4.68 Å². The minimum Gasteiger partial charge on any atom is -0.328 e. The molecule has 132 valence electrons. The van der Waals surface area contributed by atoms with Gasteiger partial charge < -0.3 is 11.1 Å². The Labute approximate surface area is 152 Å². The average molecular weight is 359 g/mol. The van der Waals surface area contributed by atoms with Gasteiger partial charge >= 0.3 is 0 Å². The van der Waals surface area contributed by atoms with Crippen LogP contribution in [0.5, 0.6) is 0 Å². The molecule has 0 spiro atoms. The van der Waals surface area contributed by atoms with Crippen LogP contribution in [-0.2, 0) is 11.3 Å². The standard InChI is InChI=1S/C19H23ClN4O/c20-17-4-2-1-3-13(17)11-24-19-16(10-22-24)15(9-18(25)23-19)12-5-7-14(21)8-6-12/h1-4,10,12,14-15H,5-9,11,21H2,(H,23,25). The predicted molar refractivity (Wildman–Crippen MR) is 98.7 cm³/mol. The molecule has 2 heterocycles. The SMILES string of the molecule is NC1CCC(C2CC(=O)Nc3c2cnn3Cc2ccccc2Cl)CC1. The van der Waals surface area contributed by atoms with Gasteiger partial charge in [0.1, 0.15) is 5.82 Å². The number of hydrogen-bond donors (Lipinski definition) is 2. The lowest BCUT2D eigenvalue weighted by molar-refractivity contribution is -0.117. The van der Waals surface area contributed by atoms with Crippen molar-refractivity contribution in [1.82, 2.24) is 9.78 Å². The van der Waals surface area contributed by atoms with Crippen LogP contribution in [0.4, 0.5) is 5.82 Å². The number of hydrogen-bond acceptors (Lipinski definition) is 3. The van der Waals surface area contributed by atoms with Crippen molar-refractivity contribution in [2.24, 2.45) is 11.7 Å². The number of carbonyl (C=O) groups excluding carboxylic acids is 1. The van der Waals surface area contributed by atoms with Crippen molar-refractivity contribution in [3.05, 3.63) is 46.6 Å². The Balaban J connectivity index is 1.61. The fourth-order valence-corrected chi connectivity index (χ4v) is 4.37. The Kier molecular flexibility index (Phi) is 4.52. The van der Waals surface area contributed by atoms with Crippen molar-refractivity contribution in [2.75, 3.05) is 5.32 Å². The zero-order valence-electron chi connectivity index (χ0n) is 14.1. The number of benzene rings is 1. The quantitative estimate of drug-likeness (QED) is 0.881. The number of halogens is 1. The van der Waals surface area contributed by atoms with Crippen LogP contribution in [0.15, 0.2) is 30.5 Å². The molecule has 1 amide bonds. The molecule has 1 aliphatic carbocycles. The molecule has 1 fully saturated rings. The van der Waals surface area contributed by atoms with Crippen molar-refractivity contribution in [3.8, 4) is 0 Å². The van der Waals surface area contributed by atoms with Gasteiger partial charge in [0.15, 0.2) is 0 Å². The van der Waals surface area contributed by atoms with Crippen molar-refractivity contribution in [3.63, 3.8) is 0 Å². The number of fused-ring (bicyclic) bond motifs is 1. The summed E-state index contributed by atoms with van der Waals surface area (Å²) in [6.45, 7) is 0.553. The Morgan fingerprint density at radius 3 is 2.76 bits per heavy atom. The first-order valence-electron chi connectivity index (χ1n) is 8.96. The van der Waals surface area contributed by atoms with E-state index in [0.29, 0.717) is 29.9 Å². The zero-order chi connectivity index (χ0) is 17.4. The van der Waals surface area contributed by atoms with E-state index in [-0.39, 0.29) is 11.8 Å². The van der Waals surface area contributed by atoms with Gasteiger partial charge in [-0.05, 0) is 43.2 Å². The summed E-state index contributed by atoms with van der Waals surface area (Å²) in [6, 6.07) is 8.05. The fraction of sp³-hybridized carbons (Fsp3) is 0.474. The average Bonchev–Trinajstić information content (AvgIpc) is 3.00. The van der Waals surface area contributed by atoms with E-state index in [2.05, 4.69) is 10.4 Å². The highest BCUT2D eigenvalue weighted by Crippen LogP contribution is 2.43. The molecule has 25 heavy (non-hydrogen) atoms. The van der Waals surface area contributed by atoms with E-state index in [1.165, 1.54) is 0 Å². The van der Waals surface area contributed by atoms with E-state index in [1.54, 1.807) is 0 Å². The highest BCUT2D eigenvalue weighted by atomic mass is 35.5. The van der Waals surface area contributed by atoms with E-state index in [1.807, 2.05) is 35.1 Å². The smallest absolute Gasteiger partial charge is 0.226 e. The fourth-order valence-electron chi connectivity index (χ4n) is 4.18. The maximum absolute atomic E-state index is 12.3. The van der Waals surface area contributed by atoms with Crippen molar-refractivity contribution >= 4 is 23.3 Å². The van der Waals surface area contributed by atoms with Gasteiger partial charge in [0, 0.05) is 29.0 Å². The molecule has 1 aromatic carbocycles. The summed E-state index contributed by atoms with van der Waals surface area (Å²) in [4.78, 5) is 12.3. The van der Waals surface area contributed by atoms with Crippen LogP contribution in [0, 0.1) is 5.92 Å². The molecule has 3 N–H and O–H groups in total. The summed E-state index contributed by atoms with van der Waals surface area (Å²) >= 11 is 6.28. The molecule has 1 aliphatic heterocycles. The maximum Gasteiger partial charge on any atom is 0.226 e. The van der Waals surface area contributed by atoms with Crippen molar-refractivity contribution in [1.29, 1.82) is 0 Å². The number of nitrogens with one attached hydrogen (secondary N) is 1. The Hall–Kier alpha value is -1.85. The highest BCUT2D eigenvalue weighted by molar-refractivity contribution is 6.31. The Bertz CT molecular complexity index is 779. The topological polar surface area (TPSA) is 72.9 Å². The molecule has 2 aliphatic rings. The molecule has 4 rings (SSSR count). The number of aromatic nitrogens is 2. The van der Waals surface area contributed by atoms with E-state index in [9.17, 15) is 4.79 Å². The number of nitrogens with two attached hydrogens (primary N) is 1. The van der Waals surface area contributed by atoms with Gasteiger partial charge in [-0.15, -0.1) is 0 Å².